The van der Waals surface area contributed by atoms with Crippen LogP contribution in [-0.2, 0) is 4.79 Å². The van der Waals surface area contributed by atoms with Crippen LogP contribution in [0.3, 0.4) is 0 Å². The van der Waals surface area contributed by atoms with E-state index in [4.69, 9.17) is 9.15 Å². The topological polar surface area (TPSA) is 51.5 Å². The predicted molar refractivity (Wildman–Crippen MR) is 99.4 cm³/mol. The summed E-state index contributed by atoms with van der Waals surface area (Å²) in [6.07, 6.45) is 3.08. The Labute approximate surface area is 146 Å². The van der Waals surface area contributed by atoms with Crippen LogP contribution in [-0.4, -0.2) is 12.5 Å². The first-order chi connectivity index (χ1) is 12.3. The van der Waals surface area contributed by atoms with Crippen LogP contribution >= 0.6 is 0 Å². The van der Waals surface area contributed by atoms with Crippen molar-refractivity contribution in [3.8, 4) is 17.1 Å². The third-order valence-corrected chi connectivity index (χ3v) is 3.53. The van der Waals surface area contributed by atoms with E-state index in [9.17, 15) is 4.79 Å². The summed E-state index contributed by atoms with van der Waals surface area (Å²) in [7, 11) is 0. The number of carbonyl (C=O) groups excluding carboxylic acids is 1. The Hall–Kier alpha value is -3.27. The highest BCUT2D eigenvalue weighted by Crippen LogP contribution is 2.24. The van der Waals surface area contributed by atoms with Crippen LogP contribution in [0.5, 0.6) is 5.75 Å². The fourth-order valence-electron chi connectivity index (χ4n) is 2.38. The number of benzene rings is 2. The molecule has 4 nitrogen and oxygen atoms in total. The predicted octanol–water partition coefficient (Wildman–Crippen LogP) is 5.00. The highest BCUT2D eigenvalue weighted by molar-refractivity contribution is 6.02. The summed E-state index contributed by atoms with van der Waals surface area (Å²) in [4.78, 5) is 12.1. The molecule has 3 rings (SSSR count). The molecule has 3 aromatic rings. The van der Waals surface area contributed by atoms with Crippen LogP contribution in [0, 0.1) is 0 Å². The van der Waals surface area contributed by atoms with E-state index < -0.39 is 0 Å². The summed E-state index contributed by atoms with van der Waals surface area (Å²) in [6.45, 7) is 2.44. The fraction of sp³-hybridized carbons (Fsp3) is 0.0952. The summed E-state index contributed by atoms with van der Waals surface area (Å²) in [5.41, 5.74) is 1.64. The van der Waals surface area contributed by atoms with Gasteiger partial charge in [0.05, 0.1) is 12.3 Å². The zero-order chi connectivity index (χ0) is 17.5. The molecule has 0 saturated carbocycles. The number of hydrogen-bond donors (Lipinski definition) is 1. The van der Waals surface area contributed by atoms with E-state index in [1.807, 2.05) is 67.6 Å². The molecule has 2 aromatic carbocycles. The number of rotatable bonds is 6. The van der Waals surface area contributed by atoms with E-state index in [1.165, 1.54) is 6.08 Å². The molecular formula is C21H19NO3. The van der Waals surface area contributed by atoms with Gasteiger partial charge in [0.25, 0.3) is 0 Å². The number of anilines is 1. The molecule has 0 fully saturated rings. The van der Waals surface area contributed by atoms with Crippen LogP contribution in [0.2, 0.25) is 0 Å². The number of ether oxygens (including phenoxy) is 1. The van der Waals surface area contributed by atoms with Gasteiger partial charge in [-0.15, -0.1) is 0 Å². The molecule has 1 N–H and O–H groups in total. The monoisotopic (exact) mass is 333 g/mol. The Morgan fingerprint density at radius 2 is 1.80 bits per heavy atom. The van der Waals surface area contributed by atoms with Crippen molar-refractivity contribution in [1.82, 2.24) is 0 Å². The van der Waals surface area contributed by atoms with Crippen LogP contribution in [0.15, 0.2) is 77.2 Å². The van der Waals surface area contributed by atoms with Gasteiger partial charge in [0, 0.05) is 11.6 Å². The quantitative estimate of drug-likeness (QED) is 0.646. The molecule has 4 heteroatoms. The van der Waals surface area contributed by atoms with Crippen molar-refractivity contribution in [2.45, 2.75) is 6.92 Å². The van der Waals surface area contributed by atoms with Gasteiger partial charge in [0.1, 0.15) is 17.3 Å². The molecule has 0 aliphatic rings. The second-order valence-electron chi connectivity index (χ2n) is 5.32. The van der Waals surface area contributed by atoms with Gasteiger partial charge in [0.2, 0.25) is 5.91 Å². The lowest BCUT2D eigenvalue weighted by atomic mass is 10.2. The second kappa shape index (κ2) is 8.02. The Morgan fingerprint density at radius 1 is 1.04 bits per heavy atom. The minimum atomic E-state index is -0.246. The Morgan fingerprint density at radius 3 is 2.60 bits per heavy atom. The molecule has 126 valence electrons. The first-order valence-electron chi connectivity index (χ1n) is 8.12. The van der Waals surface area contributed by atoms with Crippen LogP contribution in [0.1, 0.15) is 12.7 Å². The molecule has 0 aliphatic heterocycles. The summed E-state index contributed by atoms with van der Waals surface area (Å²) in [6, 6.07) is 20.9. The standard InChI is InChI=1S/C21H19NO3/c1-2-24-20-11-7-6-10-18(20)22-21(23)15-13-17-12-14-19(25-17)16-8-4-3-5-9-16/h3-15H,2H2,1H3,(H,22,23)/b15-13+. The number of para-hydroxylation sites is 2. The van der Waals surface area contributed by atoms with Gasteiger partial charge in [-0.05, 0) is 37.3 Å². The zero-order valence-electron chi connectivity index (χ0n) is 13.9. The molecule has 1 heterocycles. The summed E-state index contributed by atoms with van der Waals surface area (Å²) in [5, 5.41) is 2.81. The lowest BCUT2D eigenvalue weighted by Gasteiger charge is -2.09. The molecule has 0 radical (unpaired) electrons. The second-order valence-corrected chi connectivity index (χ2v) is 5.32. The summed E-state index contributed by atoms with van der Waals surface area (Å²) >= 11 is 0. The average Bonchev–Trinajstić information content (AvgIpc) is 3.12. The highest BCUT2D eigenvalue weighted by atomic mass is 16.5. The molecule has 25 heavy (non-hydrogen) atoms. The van der Waals surface area contributed by atoms with Gasteiger partial charge in [0.15, 0.2) is 0 Å². The summed E-state index contributed by atoms with van der Waals surface area (Å²) in [5.74, 6) is 1.79. The van der Waals surface area contributed by atoms with Gasteiger partial charge in [-0.1, -0.05) is 42.5 Å². The summed E-state index contributed by atoms with van der Waals surface area (Å²) < 4.78 is 11.2. The maximum atomic E-state index is 12.1. The maximum Gasteiger partial charge on any atom is 0.248 e. The van der Waals surface area contributed by atoms with Crippen molar-refractivity contribution < 1.29 is 13.9 Å². The average molecular weight is 333 g/mol. The molecule has 1 aromatic heterocycles. The maximum absolute atomic E-state index is 12.1. The highest BCUT2D eigenvalue weighted by Gasteiger charge is 2.06. The minimum Gasteiger partial charge on any atom is -0.492 e. The SMILES string of the molecule is CCOc1ccccc1NC(=O)/C=C/c1ccc(-c2ccccc2)o1. The van der Waals surface area contributed by atoms with E-state index in [0.717, 1.165) is 11.3 Å². The molecule has 0 saturated heterocycles. The van der Waals surface area contributed by atoms with Gasteiger partial charge >= 0.3 is 0 Å². The molecule has 0 aliphatic carbocycles. The van der Waals surface area contributed by atoms with Crippen molar-refractivity contribution in [3.05, 3.63) is 78.6 Å². The van der Waals surface area contributed by atoms with Crippen molar-refractivity contribution in [2.24, 2.45) is 0 Å². The Bertz CT molecular complexity index is 866. The van der Waals surface area contributed by atoms with E-state index in [-0.39, 0.29) is 5.91 Å². The molecule has 0 spiro atoms. The lowest BCUT2D eigenvalue weighted by molar-refractivity contribution is -0.111. The van der Waals surface area contributed by atoms with E-state index in [2.05, 4.69) is 5.32 Å². The first kappa shape index (κ1) is 16.6. The number of carbonyl (C=O) groups is 1. The number of nitrogens with one attached hydrogen (secondary N) is 1. The van der Waals surface area contributed by atoms with Crippen molar-refractivity contribution in [1.29, 1.82) is 0 Å². The van der Waals surface area contributed by atoms with Crippen LogP contribution in [0.4, 0.5) is 5.69 Å². The number of furan rings is 1. The van der Waals surface area contributed by atoms with Crippen LogP contribution < -0.4 is 10.1 Å². The van der Waals surface area contributed by atoms with E-state index >= 15 is 0 Å². The molecule has 0 bridgehead atoms. The fourth-order valence-corrected chi connectivity index (χ4v) is 2.38. The number of amides is 1. The third kappa shape index (κ3) is 4.38. The molecule has 1 amide bonds. The molecule has 0 atom stereocenters. The van der Waals surface area contributed by atoms with Crippen molar-refractivity contribution >= 4 is 17.7 Å². The van der Waals surface area contributed by atoms with Gasteiger partial charge in [-0.25, -0.2) is 0 Å². The Balaban J connectivity index is 1.66. The normalized spacial score (nSPS) is 10.8. The van der Waals surface area contributed by atoms with E-state index in [0.29, 0.717) is 23.8 Å². The molecular weight excluding hydrogens is 314 g/mol. The number of hydrogen-bond acceptors (Lipinski definition) is 3. The van der Waals surface area contributed by atoms with E-state index in [1.54, 1.807) is 12.1 Å². The van der Waals surface area contributed by atoms with Crippen molar-refractivity contribution in [2.75, 3.05) is 11.9 Å². The minimum absolute atomic E-state index is 0.246. The van der Waals surface area contributed by atoms with Gasteiger partial charge in [-0.2, -0.15) is 0 Å². The third-order valence-electron chi connectivity index (χ3n) is 3.53. The van der Waals surface area contributed by atoms with Crippen molar-refractivity contribution in [3.63, 3.8) is 0 Å². The van der Waals surface area contributed by atoms with Crippen LogP contribution in [0.25, 0.3) is 17.4 Å². The lowest BCUT2D eigenvalue weighted by Crippen LogP contribution is -2.09. The van der Waals surface area contributed by atoms with Gasteiger partial charge < -0.3 is 14.5 Å². The zero-order valence-corrected chi connectivity index (χ0v) is 13.9. The smallest absolute Gasteiger partial charge is 0.248 e. The Kier molecular flexibility index (Phi) is 5.32. The van der Waals surface area contributed by atoms with Gasteiger partial charge in [-0.3, -0.25) is 4.79 Å². The molecule has 0 unspecified atom stereocenters. The largest absolute Gasteiger partial charge is 0.492 e. The first-order valence-corrected chi connectivity index (χ1v) is 8.12.